The fraction of sp³-hybridized carbons (Fsp3) is 0.182. The fourth-order valence-electron chi connectivity index (χ4n) is 1.49. The molecular formula is C11H12BrN3O. The van der Waals surface area contributed by atoms with Crippen LogP contribution in [0.5, 0.6) is 5.75 Å². The number of hydrogen-bond acceptors (Lipinski definition) is 3. The normalized spacial score (nSPS) is 10.7. The van der Waals surface area contributed by atoms with E-state index in [9.17, 15) is 5.11 Å². The number of halogens is 1. The van der Waals surface area contributed by atoms with Crippen LogP contribution in [-0.2, 0) is 7.05 Å². The third-order valence-electron chi connectivity index (χ3n) is 2.61. The molecule has 0 aliphatic heterocycles. The number of rotatable bonds is 1. The number of aromatic nitrogens is 2. The van der Waals surface area contributed by atoms with Crippen LogP contribution in [0.4, 0.5) is 5.82 Å². The summed E-state index contributed by atoms with van der Waals surface area (Å²) in [6.07, 6.45) is 1.69. The SMILES string of the molecule is Cc1c(O)cc(-c2cnn(C)c2N)cc1Br. The summed E-state index contributed by atoms with van der Waals surface area (Å²) in [7, 11) is 1.78. The Morgan fingerprint density at radius 3 is 2.62 bits per heavy atom. The van der Waals surface area contributed by atoms with Gasteiger partial charge in [0.05, 0.1) is 6.20 Å². The molecule has 1 heterocycles. The predicted octanol–water partition coefficient (Wildman–Crippen LogP) is 2.45. The van der Waals surface area contributed by atoms with Crippen molar-refractivity contribution >= 4 is 21.7 Å². The largest absolute Gasteiger partial charge is 0.508 e. The van der Waals surface area contributed by atoms with Crippen molar-refractivity contribution in [2.45, 2.75) is 6.92 Å². The van der Waals surface area contributed by atoms with Crippen LogP contribution in [0, 0.1) is 6.92 Å². The molecule has 0 unspecified atom stereocenters. The average Bonchev–Trinajstić information content (AvgIpc) is 2.56. The van der Waals surface area contributed by atoms with Crippen LogP contribution in [0.1, 0.15) is 5.56 Å². The minimum atomic E-state index is 0.243. The standard InChI is InChI=1S/C11H12BrN3O/c1-6-9(12)3-7(4-10(6)16)8-5-14-15(2)11(8)13/h3-5,16H,13H2,1-2H3. The lowest BCUT2D eigenvalue weighted by Crippen LogP contribution is -1.98. The molecule has 0 atom stereocenters. The number of benzene rings is 1. The van der Waals surface area contributed by atoms with Gasteiger partial charge in [0, 0.05) is 22.6 Å². The summed E-state index contributed by atoms with van der Waals surface area (Å²) < 4.78 is 2.45. The third-order valence-corrected chi connectivity index (χ3v) is 3.44. The van der Waals surface area contributed by atoms with Crippen molar-refractivity contribution < 1.29 is 5.11 Å². The third kappa shape index (κ3) is 1.67. The van der Waals surface area contributed by atoms with Crippen molar-refractivity contribution in [3.05, 3.63) is 28.4 Å². The van der Waals surface area contributed by atoms with Crippen molar-refractivity contribution in [3.63, 3.8) is 0 Å². The molecular weight excluding hydrogens is 270 g/mol. The Labute approximate surface area is 102 Å². The van der Waals surface area contributed by atoms with Gasteiger partial charge in [0.1, 0.15) is 11.6 Å². The molecule has 0 amide bonds. The highest BCUT2D eigenvalue weighted by molar-refractivity contribution is 9.10. The molecule has 84 valence electrons. The van der Waals surface area contributed by atoms with E-state index in [4.69, 9.17) is 5.73 Å². The first kappa shape index (κ1) is 11.0. The van der Waals surface area contributed by atoms with Gasteiger partial charge in [-0.25, -0.2) is 0 Å². The summed E-state index contributed by atoms with van der Waals surface area (Å²) in [6, 6.07) is 3.61. The first-order valence-electron chi connectivity index (χ1n) is 4.77. The Bertz CT molecular complexity index is 525. The van der Waals surface area contributed by atoms with Crippen molar-refractivity contribution in [1.82, 2.24) is 9.78 Å². The molecule has 0 fully saturated rings. The number of nitrogens with zero attached hydrogens (tertiary/aromatic N) is 2. The van der Waals surface area contributed by atoms with Crippen LogP contribution in [0.15, 0.2) is 22.8 Å². The van der Waals surface area contributed by atoms with E-state index in [1.807, 2.05) is 13.0 Å². The van der Waals surface area contributed by atoms with Gasteiger partial charge in [-0.2, -0.15) is 5.10 Å². The minimum Gasteiger partial charge on any atom is -0.508 e. The Morgan fingerprint density at radius 1 is 1.44 bits per heavy atom. The van der Waals surface area contributed by atoms with Gasteiger partial charge in [0.15, 0.2) is 0 Å². The van der Waals surface area contributed by atoms with Crippen molar-refractivity contribution in [2.75, 3.05) is 5.73 Å². The van der Waals surface area contributed by atoms with Crippen LogP contribution >= 0.6 is 15.9 Å². The van der Waals surface area contributed by atoms with Gasteiger partial charge in [-0.15, -0.1) is 0 Å². The highest BCUT2D eigenvalue weighted by Crippen LogP contribution is 2.34. The lowest BCUT2D eigenvalue weighted by Gasteiger charge is -2.06. The Kier molecular flexibility index (Phi) is 2.63. The number of anilines is 1. The first-order chi connectivity index (χ1) is 7.50. The lowest BCUT2D eigenvalue weighted by molar-refractivity contribution is 0.471. The zero-order valence-electron chi connectivity index (χ0n) is 9.03. The van der Waals surface area contributed by atoms with Gasteiger partial charge in [0.2, 0.25) is 0 Å². The van der Waals surface area contributed by atoms with Crippen LogP contribution in [0.2, 0.25) is 0 Å². The molecule has 16 heavy (non-hydrogen) atoms. The van der Waals surface area contributed by atoms with Crippen LogP contribution < -0.4 is 5.73 Å². The second kappa shape index (κ2) is 3.83. The summed E-state index contributed by atoms with van der Waals surface area (Å²) in [4.78, 5) is 0. The van der Waals surface area contributed by atoms with Gasteiger partial charge < -0.3 is 10.8 Å². The van der Waals surface area contributed by atoms with Gasteiger partial charge in [-0.3, -0.25) is 4.68 Å². The molecule has 0 aliphatic carbocycles. The minimum absolute atomic E-state index is 0.243. The predicted molar refractivity (Wildman–Crippen MR) is 67.2 cm³/mol. The summed E-state index contributed by atoms with van der Waals surface area (Å²) in [5.74, 6) is 0.822. The number of aryl methyl sites for hydroxylation is 1. The maximum atomic E-state index is 9.74. The van der Waals surface area contributed by atoms with Crippen molar-refractivity contribution in [3.8, 4) is 16.9 Å². The van der Waals surface area contributed by atoms with E-state index >= 15 is 0 Å². The maximum Gasteiger partial charge on any atom is 0.129 e. The molecule has 3 N–H and O–H groups in total. The molecule has 2 aromatic rings. The van der Waals surface area contributed by atoms with Crippen LogP contribution in [-0.4, -0.2) is 14.9 Å². The summed E-state index contributed by atoms with van der Waals surface area (Å²) in [5.41, 5.74) is 8.35. The quantitative estimate of drug-likeness (QED) is 0.844. The Hall–Kier alpha value is -1.49. The van der Waals surface area contributed by atoms with Gasteiger partial charge in [-0.1, -0.05) is 15.9 Å². The molecule has 0 bridgehead atoms. The first-order valence-corrected chi connectivity index (χ1v) is 5.57. The molecule has 4 nitrogen and oxygen atoms in total. The lowest BCUT2D eigenvalue weighted by atomic mass is 10.1. The zero-order chi connectivity index (χ0) is 11.9. The van der Waals surface area contributed by atoms with Crippen LogP contribution in [0.3, 0.4) is 0 Å². The molecule has 1 aromatic heterocycles. The molecule has 0 aliphatic rings. The number of aromatic hydroxyl groups is 1. The summed E-state index contributed by atoms with van der Waals surface area (Å²) in [5, 5.41) is 13.8. The summed E-state index contributed by atoms with van der Waals surface area (Å²) >= 11 is 3.40. The topological polar surface area (TPSA) is 64.1 Å². The Morgan fingerprint density at radius 2 is 2.12 bits per heavy atom. The smallest absolute Gasteiger partial charge is 0.129 e. The molecule has 5 heteroatoms. The maximum absolute atomic E-state index is 9.74. The van der Waals surface area contributed by atoms with E-state index in [2.05, 4.69) is 21.0 Å². The van der Waals surface area contributed by atoms with Gasteiger partial charge in [0.25, 0.3) is 0 Å². The monoisotopic (exact) mass is 281 g/mol. The second-order valence-corrected chi connectivity index (χ2v) is 4.52. The van der Waals surface area contributed by atoms with Gasteiger partial charge in [-0.05, 0) is 24.6 Å². The number of phenolic OH excluding ortho intramolecular Hbond substituents is 1. The molecule has 0 radical (unpaired) electrons. The van der Waals surface area contributed by atoms with Gasteiger partial charge >= 0.3 is 0 Å². The van der Waals surface area contributed by atoms with E-state index in [0.29, 0.717) is 5.82 Å². The molecule has 0 spiro atoms. The van der Waals surface area contributed by atoms with E-state index in [1.165, 1.54) is 0 Å². The highest BCUT2D eigenvalue weighted by Gasteiger charge is 2.11. The fourth-order valence-corrected chi connectivity index (χ4v) is 1.94. The van der Waals surface area contributed by atoms with E-state index < -0.39 is 0 Å². The van der Waals surface area contributed by atoms with Crippen LogP contribution in [0.25, 0.3) is 11.1 Å². The number of phenols is 1. The number of hydrogen-bond donors (Lipinski definition) is 2. The highest BCUT2D eigenvalue weighted by atomic mass is 79.9. The molecule has 0 saturated carbocycles. The molecule has 2 rings (SSSR count). The van der Waals surface area contributed by atoms with E-state index in [-0.39, 0.29) is 5.75 Å². The van der Waals surface area contributed by atoms with Crippen molar-refractivity contribution in [1.29, 1.82) is 0 Å². The van der Waals surface area contributed by atoms with E-state index in [1.54, 1.807) is 24.0 Å². The van der Waals surface area contributed by atoms with E-state index in [0.717, 1.165) is 21.2 Å². The average molecular weight is 282 g/mol. The Balaban J connectivity index is 2.61. The van der Waals surface area contributed by atoms with Crippen molar-refractivity contribution in [2.24, 2.45) is 7.05 Å². The molecule has 1 aromatic carbocycles. The second-order valence-electron chi connectivity index (χ2n) is 3.67. The molecule has 0 saturated heterocycles. The number of nitrogens with two attached hydrogens (primary N) is 1. The summed E-state index contributed by atoms with van der Waals surface area (Å²) in [6.45, 7) is 1.84. The number of nitrogen functional groups attached to an aromatic ring is 1. The zero-order valence-corrected chi connectivity index (χ0v) is 10.6.